The average molecular weight is 421 g/mol. The molecule has 4 atom stereocenters. The molecule has 8 nitrogen and oxygen atoms in total. The number of morpholine rings is 1. The second-order valence-corrected chi connectivity index (χ2v) is 8.36. The Kier molecular flexibility index (Phi) is 6.24. The first-order valence-corrected chi connectivity index (χ1v) is 10.5. The van der Waals surface area contributed by atoms with Gasteiger partial charge in [-0.1, -0.05) is 23.7 Å². The third-order valence-electron chi connectivity index (χ3n) is 5.92. The molecule has 29 heavy (non-hydrogen) atoms. The van der Waals surface area contributed by atoms with E-state index in [9.17, 15) is 0 Å². The van der Waals surface area contributed by atoms with Gasteiger partial charge in [-0.2, -0.15) is 4.98 Å². The van der Waals surface area contributed by atoms with Gasteiger partial charge in [0.15, 0.2) is 0 Å². The predicted molar refractivity (Wildman–Crippen MR) is 113 cm³/mol. The van der Waals surface area contributed by atoms with Gasteiger partial charge in [0.2, 0.25) is 11.9 Å². The number of nitrogens with one attached hydrogen (secondary N) is 1. The van der Waals surface area contributed by atoms with Crippen molar-refractivity contribution in [3.05, 3.63) is 34.9 Å². The van der Waals surface area contributed by atoms with E-state index in [0.29, 0.717) is 24.0 Å². The number of H-pyrrole nitrogens is 1. The van der Waals surface area contributed by atoms with Gasteiger partial charge in [-0.15, -0.1) is 5.10 Å². The topological polar surface area (TPSA) is 92.5 Å². The number of nitrogens with two attached hydrogens (primary N) is 1. The molecular weight excluding hydrogens is 392 g/mol. The predicted octanol–water partition coefficient (Wildman–Crippen LogP) is 1.97. The van der Waals surface area contributed by atoms with Crippen LogP contribution in [0, 0.1) is 0 Å². The molecule has 0 bridgehead atoms. The summed E-state index contributed by atoms with van der Waals surface area (Å²) in [5.41, 5.74) is 6.96. The Hall–Kier alpha value is -1.87. The number of aromatic amines is 1. The molecule has 1 aromatic carbocycles. The molecule has 3 heterocycles. The van der Waals surface area contributed by atoms with Gasteiger partial charge in [0.1, 0.15) is 0 Å². The molecule has 9 heteroatoms. The number of rotatable bonds is 5. The number of nitrogens with zero attached hydrogens (tertiary/aromatic N) is 4. The van der Waals surface area contributed by atoms with Crippen molar-refractivity contribution in [1.29, 1.82) is 0 Å². The first-order chi connectivity index (χ1) is 14.0. The van der Waals surface area contributed by atoms with Crippen LogP contribution in [0.1, 0.15) is 18.9 Å². The number of piperidine rings is 1. The molecule has 0 saturated carbocycles. The summed E-state index contributed by atoms with van der Waals surface area (Å²) < 4.78 is 11.9. The lowest BCUT2D eigenvalue weighted by molar-refractivity contribution is -0.101. The molecule has 3 N–H and O–H groups in total. The molecule has 1 aromatic heterocycles. The summed E-state index contributed by atoms with van der Waals surface area (Å²) >= 11 is 6.05. The zero-order valence-corrected chi connectivity index (χ0v) is 17.7. The summed E-state index contributed by atoms with van der Waals surface area (Å²) in [4.78, 5) is 8.99. The summed E-state index contributed by atoms with van der Waals surface area (Å²) in [7, 11) is 1.78. The van der Waals surface area contributed by atoms with Crippen LogP contribution in [0.4, 0.5) is 11.9 Å². The molecule has 158 valence electrons. The summed E-state index contributed by atoms with van der Waals surface area (Å²) in [5, 5.41) is 7.68. The first-order valence-electron chi connectivity index (χ1n) is 10.1. The largest absolute Gasteiger partial charge is 0.378 e. The Balaban J connectivity index is 1.49. The van der Waals surface area contributed by atoms with E-state index in [4.69, 9.17) is 26.8 Å². The van der Waals surface area contributed by atoms with Crippen molar-refractivity contribution >= 4 is 23.5 Å². The minimum atomic E-state index is 0.0569. The van der Waals surface area contributed by atoms with Gasteiger partial charge in [0, 0.05) is 43.9 Å². The lowest BCUT2D eigenvalue weighted by Crippen LogP contribution is -2.62. The van der Waals surface area contributed by atoms with Gasteiger partial charge >= 0.3 is 0 Å². The van der Waals surface area contributed by atoms with Gasteiger partial charge in [-0.25, -0.2) is 5.10 Å². The molecule has 2 fully saturated rings. The second-order valence-electron chi connectivity index (χ2n) is 7.92. The fourth-order valence-corrected chi connectivity index (χ4v) is 4.57. The molecular formula is C20H29ClN6O2. The second kappa shape index (κ2) is 8.87. The number of hydrogen-bond donors (Lipinski definition) is 2. The molecule has 2 saturated heterocycles. The Morgan fingerprint density at radius 3 is 2.79 bits per heavy atom. The van der Waals surface area contributed by atoms with E-state index in [1.54, 1.807) is 7.11 Å². The Morgan fingerprint density at radius 1 is 1.31 bits per heavy atom. The van der Waals surface area contributed by atoms with Crippen LogP contribution in [0.2, 0.25) is 5.02 Å². The molecule has 4 rings (SSSR count). The van der Waals surface area contributed by atoms with Crippen LogP contribution in [-0.2, 0) is 15.9 Å². The van der Waals surface area contributed by atoms with Gasteiger partial charge in [-0.05, 0) is 37.5 Å². The minimum absolute atomic E-state index is 0.0569. The molecule has 0 amide bonds. The highest BCUT2D eigenvalue weighted by atomic mass is 35.5. The number of aromatic nitrogens is 3. The summed E-state index contributed by atoms with van der Waals surface area (Å²) in [6.07, 6.45) is 2.16. The van der Waals surface area contributed by atoms with Crippen molar-refractivity contribution in [2.75, 3.05) is 44.0 Å². The maximum Gasteiger partial charge on any atom is 0.246 e. The van der Waals surface area contributed by atoms with E-state index in [-0.39, 0.29) is 12.2 Å². The van der Waals surface area contributed by atoms with Crippen LogP contribution in [0.5, 0.6) is 0 Å². The zero-order chi connectivity index (χ0) is 20.4. The van der Waals surface area contributed by atoms with Gasteiger partial charge < -0.3 is 20.1 Å². The molecule has 2 aliphatic rings. The SMILES string of the molecule is COC1CN(c2n[nH]c(N)n2)CCC1N1CC(C)OCC1Cc1ccc(Cl)cc1. The molecule has 0 radical (unpaired) electrons. The lowest BCUT2D eigenvalue weighted by atomic mass is 9.94. The van der Waals surface area contributed by atoms with Crippen molar-refractivity contribution < 1.29 is 9.47 Å². The molecule has 0 aliphatic carbocycles. The van der Waals surface area contributed by atoms with Crippen molar-refractivity contribution in [2.24, 2.45) is 0 Å². The van der Waals surface area contributed by atoms with Crippen LogP contribution in [-0.4, -0.2) is 77.7 Å². The average Bonchev–Trinajstić information content (AvgIpc) is 3.17. The number of nitrogen functional groups attached to an aromatic ring is 1. The minimum Gasteiger partial charge on any atom is -0.378 e. The van der Waals surface area contributed by atoms with Gasteiger partial charge in [0.25, 0.3) is 0 Å². The van der Waals surface area contributed by atoms with Gasteiger partial charge in [-0.3, -0.25) is 4.90 Å². The maximum atomic E-state index is 6.05. The smallest absolute Gasteiger partial charge is 0.246 e. The fraction of sp³-hybridized carbons (Fsp3) is 0.600. The van der Waals surface area contributed by atoms with Crippen LogP contribution < -0.4 is 10.6 Å². The highest BCUT2D eigenvalue weighted by molar-refractivity contribution is 6.30. The van der Waals surface area contributed by atoms with Crippen LogP contribution in [0.15, 0.2) is 24.3 Å². The number of benzene rings is 1. The maximum absolute atomic E-state index is 6.05. The Bertz CT molecular complexity index is 801. The number of methoxy groups -OCH3 is 1. The molecule has 2 aromatic rings. The third kappa shape index (κ3) is 4.66. The highest BCUT2D eigenvalue weighted by Gasteiger charge is 2.40. The van der Waals surface area contributed by atoms with E-state index in [1.165, 1.54) is 5.56 Å². The summed E-state index contributed by atoms with van der Waals surface area (Å²) in [5.74, 6) is 0.970. The van der Waals surface area contributed by atoms with E-state index in [0.717, 1.165) is 44.1 Å². The highest BCUT2D eigenvalue weighted by Crippen LogP contribution is 2.28. The van der Waals surface area contributed by atoms with E-state index >= 15 is 0 Å². The Morgan fingerprint density at radius 2 is 2.10 bits per heavy atom. The van der Waals surface area contributed by atoms with Crippen molar-refractivity contribution in [3.63, 3.8) is 0 Å². The standard InChI is InChI=1S/C20H29ClN6O2/c1-13-10-27(16(12-29-13)9-14-3-5-15(21)6-4-14)17-7-8-26(11-18(17)28-2)20-23-19(22)24-25-20/h3-6,13,16-18H,7-12H2,1-2H3,(H3,22,23,24,25). The van der Waals surface area contributed by atoms with Crippen LogP contribution in [0.3, 0.4) is 0 Å². The van der Waals surface area contributed by atoms with Crippen LogP contribution in [0.25, 0.3) is 0 Å². The van der Waals surface area contributed by atoms with Crippen molar-refractivity contribution in [3.8, 4) is 0 Å². The monoisotopic (exact) mass is 420 g/mol. The number of halogens is 1. The lowest BCUT2D eigenvalue weighted by Gasteiger charge is -2.48. The molecule has 2 aliphatic heterocycles. The van der Waals surface area contributed by atoms with Crippen LogP contribution >= 0.6 is 11.6 Å². The van der Waals surface area contributed by atoms with E-state index < -0.39 is 0 Å². The molecule has 0 spiro atoms. The number of ether oxygens (including phenoxy) is 2. The number of hydrogen-bond acceptors (Lipinski definition) is 7. The van der Waals surface area contributed by atoms with E-state index in [1.807, 2.05) is 12.1 Å². The Labute approximate surface area is 176 Å². The van der Waals surface area contributed by atoms with E-state index in [2.05, 4.69) is 44.0 Å². The third-order valence-corrected chi connectivity index (χ3v) is 6.17. The molecule has 4 unspecified atom stereocenters. The normalized spacial score (nSPS) is 28.6. The fourth-order valence-electron chi connectivity index (χ4n) is 4.45. The quantitative estimate of drug-likeness (QED) is 0.763. The zero-order valence-electron chi connectivity index (χ0n) is 16.9. The van der Waals surface area contributed by atoms with Crippen molar-refractivity contribution in [1.82, 2.24) is 20.1 Å². The summed E-state index contributed by atoms with van der Waals surface area (Å²) in [6.45, 7) is 5.35. The van der Waals surface area contributed by atoms with Gasteiger partial charge in [0.05, 0.1) is 18.8 Å². The first kappa shape index (κ1) is 20.4. The number of anilines is 2. The summed E-state index contributed by atoms with van der Waals surface area (Å²) in [6, 6.07) is 8.72. The van der Waals surface area contributed by atoms with Crippen molar-refractivity contribution in [2.45, 2.75) is 44.1 Å².